The van der Waals surface area contributed by atoms with E-state index in [1.165, 1.54) is 32.2 Å². The van der Waals surface area contributed by atoms with E-state index in [0.29, 0.717) is 0 Å². The summed E-state index contributed by atoms with van der Waals surface area (Å²) in [5.41, 5.74) is 0.222. The van der Waals surface area contributed by atoms with Crippen LogP contribution in [0.3, 0.4) is 0 Å². The van der Waals surface area contributed by atoms with E-state index in [9.17, 15) is 30.0 Å². The zero-order valence-corrected chi connectivity index (χ0v) is 19.0. The van der Waals surface area contributed by atoms with Gasteiger partial charge in [0.1, 0.15) is 10.6 Å². The number of hydrogen-bond donors (Lipinski definition) is 1. The summed E-state index contributed by atoms with van der Waals surface area (Å²) in [5.74, 6) is -1.44. The van der Waals surface area contributed by atoms with Gasteiger partial charge in [0, 0.05) is 24.7 Å². The quantitative estimate of drug-likeness (QED) is 0.600. The summed E-state index contributed by atoms with van der Waals surface area (Å²) >= 11 is 0. The van der Waals surface area contributed by atoms with Crippen molar-refractivity contribution in [3.05, 3.63) is 18.2 Å². The molecule has 3 rings (SSSR count). The number of carbonyl (C=O) groups is 1. The van der Waals surface area contributed by atoms with Gasteiger partial charge in [-0.05, 0) is 31.0 Å². The molecule has 0 spiro atoms. The molecule has 0 unspecified atom stereocenters. The van der Waals surface area contributed by atoms with Gasteiger partial charge in [-0.3, -0.25) is 4.79 Å². The monoisotopic (exact) mass is 480 g/mol. The highest BCUT2D eigenvalue weighted by Crippen LogP contribution is 2.36. The maximum atomic E-state index is 13.7. The summed E-state index contributed by atoms with van der Waals surface area (Å²) in [6, 6.07) is 2.35. The second-order valence-corrected chi connectivity index (χ2v) is 13.8. The van der Waals surface area contributed by atoms with Crippen LogP contribution in [0.15, 0.2) is 23.1 Å². The number of anilines is 1. The van der Waals surface area contributed by atoms with E-state index in [1.54, 1.807) is 0 Å². The first-order valence-corrected chi connectivity index (χ1v) is 14.3. The molecule has 0 aliphatic carbocycles. The van der Waals surface area contributed by atoms with Gasteiger partial charge in [-0.15, -0.1) is 0 Å². The number of methoxy groups -OCH3 is 1. The molecule has 1 aromatic rings. The number of amides is 1. The molecular formula is C17H24N2O8S3. The van der Waals surface area contributed by atoms with Crippen LogP contribution in [0.25, 0.3) is 0 Å². The Labute approximate surface area is 176 Å². The molecule has 168 valence electrons. The molecule has 1 amide bonds. The predicted octanol–water partition coefficient (Wildman–Crippen LogP) is 0.0185. The van der Waals surface area contributed by atoms with Crippen LogP contribution in [0, 0.1) is 0 Å². The molecule has 2 atom stereocenters. The third-order valence-electron chi connectivity index (χ3n) is 5.18. The molecule has 2 aliphatic rings. The summed E-state index contributed by atoms with van der Waals surface area (Å²) in [5, 5.41) is 2.50. The Hall–Kier alpha value is -1.70. The van der Waals surface area contributed by atoms with Crippen molar-refractivity contribution in [2.75, 3.05) is 35.4 Å². The number of sulfonamides is 1. The van der Waals surface area contributed by atoms with Crippen LogP contribution < -0.4 is 10.1 Å². The van der Waals surface area contributed by atoms with Gasteiger partial charge in [-0.1, -0.05) is 0 Å². The van der Waals surface area contributed by atoms with Gasteiger partial charge >= 0.3 is 0 Å². The maximum Gasteiger partial charge on any atom is 0.247 e. The van der Waals surface area contributed by atoms with Gasteiger partial charge in [-0.25, -0.2) is 25.3 Å². The minimum absolute atomic E-state index is 0.0100. The lowest BCUT2D eigenvalue weighted by molar-refractivity contribution is -0.114. The molecule has 2 saturated heterocycles. The van der Waals surface area contributed by atoms with E-state index >= 15 is 0 Å². The normalized spacial score (nSPS) is 25.3. The van der Waals surface area contributed by atoms with E-state index in [0.717, 1.165) is 4.31 Å². The average Bonchev–Trinajstić information content (AvgIpc) is 3.15. The minimum atomic E-state index is -4.34. The van der Waals surface area contributed by atoms with Crippen molar-refractivity contribution < 1.29 is 34.8 Å². The van der Waals surface area contributed by atoms with Crippen LogP contribution in [0.1, 0.15) is 19.8 Å². The lowest BCUT2D eigenvalue weighted by Crippen LogP contribution is -2.48. The zero-order valence-electron chi connectivity index (χ0n) is 16.6. The molecule has 1 aromatic carbocycles. The van der Waals surface area contributed by atoms with Crippen molar-refractivity contribution in [3.63, 3.8) is 0 Å². The van der Waals surface area contributed by atoms with Gasteiger partial charge in [0.15, 0.2) is 19.7 Å². The van der Waals surface area contributed by atoms with Gasteiger partial charge in [0.2, 0.25) is 15.9 Å². The number of hydrogen-bond acceptors (Lipinski definition) is 8. The molecule has 10 nitrogen and oxygen atoms in total. The number of ether oxygens (including phenoxy) is 1. The summed E-state index contributed by atoms with van der Waals surface area (Å²) in [4.78, 5) is 11.1. The van der Waals surface area contributed by atoms with Gasteiger partial charge in [-0.2, -0.15) is 4.31 Å². The molecule has 2 heterocycles. The van der Waals surface area contributed by atoms with Gasteiger partial charge in [0.05, 0.1) is 30.1 Å². The topological polar surface area (TPSA) is 144 Å². The van der Waals surface area contributed by atoms with Crippen molar-refractivity contribution in [3.8, 4) is 5.75 Å². The lowest BCUT2D eigenvalue weighted by Gasteiger charge is -2.32. The van der Waals surface area contributed by atoms with Gasteiger partial charge in [0.25, 0.3) is 0 Å². The molecular weight excluding hydrogens is 456 g/mol. The summed E-state index contributed by atoms with van der Waals surface area (Å²) in [7, 11) is -9.90. The Balaban J connectivity index is 2.11. The van der Waals surface area contributed by atoms with Crippen LogP contribution in [0.2, 0.25) is 0 Å². The SMILES string of the molecule is COc1ccc(NC(C)=O)cc1S(=O)(=O)N([C@@H]1CCS(=O)(=O)C1)[C@H]1CCS(=O)(=O)C1. The van der Waals surface area contributed by atoms with Crippen LogP contribution in [0.5, 0.6) is 5.75 Å². The fourth-order valence-electron chi connectivity index (χ4n) is 3.92. The first-order valence-electron chi connectivity index (χ1n) is 9.25. The van der Waals surface area contributed by atoms with E-state index in [4.69, 9.17) is 4.74 Å². The molecule has 30 heavy (non-hydrogen) atoms. The second kappa shape index (κ2) is 8.09. The van der Waals surface area contributed by atoms with E-state index in [1.807, 2.05) is 0 Å². The van der Waals surface area contributed by atoms with Crippen LogP contribution >= 0.6 is 0 Å². The molecule has 0 radical (unpaired) electrons. The highest BCUT2D eigenvalue weighted by atomic mass is 32.2. The minimum Gasteiger partial charge on any atom is -0.495 e. The fourth-order valence-corrected chi connectivity index (χ4v) is 9.58. The van der Waals surface area contributed by atoms with Crippen molar-refractivity contribution in [1.29, 1.82) is 0 Å². The molecule has 1 N–H and O–H groups in total. The van der Waals surface area contributed by atoms with Crippen molar-refractivity contribution in [1.82, 2.24) is 4.31 Å². The van der Waals surface area contributed by atoms with Gasteiger partial charge < -0.3 is 10.1 Å². The van der Waals surface area contributed by atoms with Crippen molar-refractivity contribution >= 4 is 41.3 Å². The molecule has 0 saturated carbocycles. The predicted molar refractivity (Wildman–Crippen MR) is 110 cm³/mol. The zero-order chi connectivity index (χ0) is 22.3. The number of rotatable bonds is 6. The maximum absolute atomic E-state index is 13.7. The van der Waals surface area contributed by atoms with E-state index in [2.05, 4.69) is 5.32 Å². The molecule has 2 fully saturated rings. The Morgan fingerprint density at radius 1 is 1.07 bits per heavy atom. The van der Waals surface area contributed by atoms with Crippen LogP contribution in [-0.4, -0.2) is 77.7 Å². The molecule has 13 heteroatoms. The first-order chi connectivity index (χ1) is 13.8. The Bertz CT molecular complexity index is 1120. The fraction of sp³-hybridized carbons (Fsp3) is 0.588. The number of carbonyl (C=O) groups excluding carboxylic acids is 1. The number of nitrogens with one attached hydrogen (secondary N) is 1. The van der Waals surface area contributed by atoms with E-state index in [-0.39, 0.29) is 52.2 Å². The second-order valence-electron chi connectivity index (χ2n) is 7.50. The number of nitrogens with zero attached hydrogens (tertiary/aromatic N) is 1. The standard InChI is InChI=1S/C17H24N2O8S3/c1-12(20)18-13-3-4-16(27-2)17(9-13)30(25,26)19(14-5-7-28(21,22)10-14)15-6-8-29(23,24)11-15/h3-4,9,14-15H,5-8,10-11H2,1-2H3,(H,18,20)/t14-,15+. The third kappa shape index (κ3) is 4.79. The molecule has 2 aliphatic heterocycles. The van der Waals surface area contributed by atoms with E-state index < -0.39 is 47.7 Å². The Kier molecular flexibility index (Phi) is 6.20. The van der Waals surface area contributed by atoms with Crippen LogP contribution in [0.4, 0.5) is 5.69 Å². The third-order valence-corrected chi connectivity index (χ3v) is 10.7. The summed E-state index contributed by atoms with van der Waals surface area (Å²) < 4.78 is 81.8. The lowest BCUT2D eigenvalue weighted by atomic mass is 10.2. The summed E-state index contributed by atoms with van der Waals surface area (Å²) in [6.45, 7) is 1.28. The summed E-state index contributed by atoms with van der Waals surface area (Å²) in [6.07, 6.45) is 0.178. The van der Waals surface area contributed by atoms with Crippen molar-refractivity contribution in [2.45, 2.75) is 36.7 Å². The van der Waals surface area contributed by atoms with Crippen molar-refractivity contribution in [2.24, 2.45) is 0 Å². The highest BCUT2D eigenvalue weighted by Gasteiger charge is 2.46. The smallest absolute Gasteiger partial charge is 0.247 e. The number of sulfone groups is 2. The Morgan fingerprint density at radius 3 is 2.00 bits per heavy atom. The first kappa shape index (κ1) is 23.0. The number of benzene rings is 1. The average molecular weight is 481 g/mol. The molecule has 0 bridgehead atoms. The highest BCUT2D eigenvalue weighted by molar-refractivity contribution is 7.92. The molecule has 0 aromatic heterocycles. The van der Waals surface area contributed by atoms with Crippen LogP contribution in [-0.2, 0) is 34.5 Å². The largest absolute Gasteiger partial charge is 0.495 e. The Morgan fingerprint density at radius 2 is 1.60 bits per heavy atom.